The van der Waals surface area contributed by atoms with E-state index in [-0.39, 0.29) is 35.5 Å². The maximum atomic E-state index is 9.00. The molecule has 0 aliphatic carbocycles. The number of carboxylic acids is 2. The van der Waals surface area contributed by atoms with E-state index in [9.17, 15) is 0 Å². The Hall–Kier alpha value is -0.955. The number of aliphatic carboxylic acids is 2. The molecule has 0 bridgehead atoms. The fourth-order valence-corrected chi connectivity index (χ4v) is 2.07. The van der Waals surface area contributed by atoms with Gasteiger partial charge in [0.2, 0.25) is 0 Å². The number of rotatable bonds is 3. The number of carboxylic acid groups (broad SMARTS) is 2. The van der Waals surface area contributed by atoms with E-state index in [1.54, 1.807) is 108 Å². The van der Waals surface area contributed by atoms with Crippen molar-refractivity contribution in [2.24, 2.45) is 30.6 Å². The zero-order valence-corrected chi connectivity index (χ0v) is 44.9. The second kappa shape index (κ2) is 50.1. The van der Waals surface area contributed by atoms with Crippen LogP contribution < -0.4 is 32.6 Å². The van der Waals surface area contributed by atoms with Gasteiger partial charge in [0.25, 0.3) is 11.9 Å². The quantitative estimate of drug-likeness (QED) is 0.144. The summed E-state index contributed by atoms with van der Waals surface area (Å²) in [4.78, 5) is 18.0. The first-order valence-electron chi connectivity index (χ1n) is 14.9. The average molecular weight is 1670 g/mol. The number of hydrogen-bond donors (Lipinski definition) is 8. The molecular weight excluding hydrogens is 1620 g/mol. The van der Waals surface area contributed by atoms with Crippen LogP contribution in [0.15, 0.2) is 30.6 Å². The normalized spacial score (nSPS) is 14.7. The van der Waals surface area contributed by atoms with Crippen molar-refractivity contribution in [2.75, 3.05) is 0 Å². The van der Waals surface area contributed by atoms with E-state index in [0.717, 1.165) is 13.8 Å². The molecule has 6 rings (SSSR count). The van der Waals surface area contributed by atoms with E-state index in [4.69, 9.17) is 19.8 Å². The second-order valence-corrected chi connectivity index (χ2v) is 35.1. The van der Waals surface area contributed by atoms with Crippen LogP contribution in [0.1, 0.15) is 74.7 Å². The van der Waals surface area contributed by atoms with E-state index in [1.807, 2.05) is 0 Å². The fraction of sp³-hybridized carbons (Fsp3) is 0.440. The molecule has 0 saturated carbocycles. The molecule has 0 aromatic heterocycles. The molecule has 29 heteroatoms. The Labute approximate surface area is 385 Å². The SMILES string of the molecule is C1=NN[CH-]N1N1C=NN[CH-]1.C1=NN[CH-]N1N1C=NN[CH-]1.C1=NN[CH-]N1N1C=NN[CH-]1.CC(=O)O.CC(=O)O.CCC.CCC.CCC.[Br][Pt+2][Br].[I][Pt+2][I].[Pt+2]. The summed E-state index contributed by atoms with van der Waals surface area (Å²) in [6.07, 6.45) is 13.6. The predicted molar refractivity (Wildman–Crippen MR) is 227 cm³/mol. The molecule has 8 N–H and O–H groups in total. The third kappa shape index (κ3) is 45.4. The number of carbonyl (C=O) groups is 2. The first-order chi connectivity index (χ1) is 25.4. The minimum atomic E-state index is -0.833. The monoisotopic (exact) mass is 1660 g/mol. The van der Waals surface area contributed by atoms with Gasteiger partial charge in [-0.2, -0.15) is 0 Å². The Morgan fingerprint density at radius 1 is 0.537 bits per heavy atom. The largest absolute Gasteiger partial charge is 2.00 e. The number of nitrogens with zero attached hydrogens (tertiary/aromatic N) is 12. The number of nitrogens with one attached hydrogen (secondary N) is 6. The van der Waals surface area contributed by atoms with Crippen LogP contribution in [0.5, 0.6) is 0 Å². The summed E-state index contributed by atoms with van der Waals surface area (Å²) in [5.41, 5.74) is 16.0. The zero-order valence-electron chi connectivity index (χ0n) is 30.6. The summed E-state index contributed by atoms with van der Waals surface area (Å²) in [7, 11) is 0. The number of hydrazone groups is 6. The van der Waals surface area contributed by atoms with E-state index < -0.39 is 11.9 Å². The standard InChI is InChI=1S/3C4H6N6.3C3H8.2C2H4O2.2BrH.2HI.3Pt/c3*1-5-6-2-9(1)10-3-7-8-4-10;3*1-3-2;2*1-2(3)4;;;;;;;/h3*1-5,7H;3*3H2,1-2H3;2*1H3,(H,3,4);4*1H;;;/q3*-2;;;;;;;;;;+2;2*+4/p-4. The first-order valence-corrected chi connectivity index (χ1v) is 37.7. The maximum Gasteiger partial charge on any atom is 2.00 e. The van der Waals surface area contributed by atoms with Crippen LogP contribution in [0.25, 0.3) is 0 Å². The molecule has 0 unspecified atom stereocenters. The molecule has 0 saturated heterocycles. The molecule has 0 aromatic rings. The number of hydrazine groups is 3. The topological polar surface area (TPSA) is 240 Å². The van der Waals surface area contributed by atoms with Crippen molar-refractivity contribution in [2.45, 2.75) is 74.7 Å². The van der Waals surface area contributed by atoms with Gasteiger partial charge in [-0.1, -0.05) is 60.8 Å². The van der Waals surface area contributed by atoms with Crippen molar-refractivity contribution in [3.05, 3.63) is 40.0 Å². The van der Waals surface area contributed by atoms with Gasteiger partial charge in [0.15, 0.2) is 0 Å². The third-order valence-electron chi connectivity index (χ3n) is 3.44. The van der Waals surface area contributed by atoms with Crippen molar-refractivity contribution in [1.82, 2.24) is 62.6 Å². The molecule has 22 nitrogen and oxygen atoms in total. The van der Waals surface area contributed by atoms with Crippen LogP contribution in [0.2, 0.25) is 0 Å². The smallest absolute Gasteiger partial charge is 2.00 e. The average Bonchev–Trinajstić information content (AvgIpc) is 3.94. The minimum Gasteiger partial charge on any atom is 2.00 e. The van der Waals surface area contributed by atoms with Crippen LogP contribution in [-0.4, -0.2) is 90.2 Å². The van der Waals surface area contributed by atoms with Crippen LogP contribution in [0.4, 0.5) is 0 Å². The Morgan fingerprint density at radius 3 is 0.685 bits per heavy atom. The maximum absolute atomic E-state index is 9.00. The molecule has 0 atom stereocenters. The van der Waals surface area contributed by atoms with Crippen molar-refractivity contribution < 1.29 is 66.5 Å². The first kappa shape index (κ1) is 62.2. The van der Waals surface area contributed by atoms with Crippen LogP contribution in [0, 0.1) is 40.0 Å². The number of halogens is 4. The summed E-state index contributed by atoms with van der Waals surface area (Å²) in [5.74, 6) is -1.67. The van der Waals surface area contributed by atoms with Crippen molar-refractivity contribution in [3.8, 4) is 0 Å². The van der Waals surface area contributed by atoms with Crippen molar-refractivity contribution in [3.63, 3.8) is 0 Å². The van der Waals surface area contributed by atoms with Crippen LogP contribution in [0.3, 0.4) is 0 Å². The predicted octanol–water partition coefficient (Wildman–Crippen LogP) is 4.40. The van der Waals surface area contributed by atoms with Gasteiger partial charge in [0.1, 0.15) is 0 Å². The summed E-state index contributed by atoms with van der Waals surface area (Å²) < 4.78 is 0. The van der Waals surface area contributed by atoms with Crippen molar-refractivity contribution >= 4 is 115 Å². The fourth-order valence-electron chi connectivity index (χ4n) is 2.07. The second-order valence-electron chi connectivity index (χ2n) is 8.55. The molecule has 6 heterocycles. The van der Waals surface area contributed by atoms with Gasteiger partial charge in [0, 0.05) is 13.8 Å². The van der Waals surface area contributed by atoms with Crippen molar-refractivity contribution in [1.29, 1.82) is 0 Å². The summed E-state index contributed by atoms with van der Waals surface area (Å²) in [5, 5.41) is 47.8. The van der Waals surface area contributed by atoms with E-state index in [2.05, 4.69) is 170 Å². The van der Waals surface area contributed by atoms with Crippen LogP contribution in [-0.2, 0) is 56.3 Å². The molecule has 0 radical (unpaired) electrons. The molecule has 0 spiro atoms. The summed E-state index contributed by atoms with van der Waals surface area (Å²) >= 11 is 11.9. The molecular formula is C25H50Br2I2N18O4Pt3. The molecule has 0 fully saturated rings. The molecule has 6 aliphatic rings. The van der Waals surface area contributed by atoms with E-state index in [0.29, 0.717) is 11.2 Å². The summed E-state index contributed by atoms with van der Waals surface area (Å²) in [6.45, 7) is 25.1. The molecule has 0 amide bonds. The molecule has 322 valence electrons. The van der Waals surface area contributed by atoms with Gasteiger partial charge in [-0.05, 0) is 0 Å². The van der Waals surface area contributed by atoms with Gasteiger partial charge >= 0.3 is 112 Å². The van der Waals surface area contributed by atoms with Crippen LogP contribution >= 0.6 is 65.3 Å². The van der Waals surface area contributed by atoms with E-state index >= 15 is 0 Å². The Morgan fingerprint density at radius 2 is 0.630 bits per heavy atom. The number of hydrogen-bond acceptors (Lipinski definition) is 20. The van der Waals surface area contributed by atoms with Gasteiger partial charge in [0.05, 0.1) is 38.0 Å². The van der Waals surface area contributed by atoms with Gasteiger partial charge < -0.3 is 72.8 Å². The third-order valence-corrected chi connectivity index (χ3v) is 3.44. The van der Waals surface area contributed by atoms with Gasteiger partial charge in [-0.15, -0.1) is 40.0 Å². The molecule has 0 aromatic carbocycles. The molecule has 6 aliphatic heterocycles. The van der Waals surface area contributed by atoms with Gasteiger partial charge in [-0.3, -0.25) is 9.59 Å². The summed E-state index contributed by atoms with van der Waals surface area (Å²) in [6, 6.07) is 0. The van der Waals surface area contributed by atoms with Gasteiger partial charge in [-0.25, -0.2) is 30.6 Å². The van der Waals surface area contributed by atoms with E-state index in [1.165, 1.54) is 19.3 Å². The molecule has 54 heavy (non-hydrogen) atoms. The zero-order chi connectivity index (χ0) is 41.1. The Bertz CT molecular complexity index is 849. The minimum absolute atomic E-state index is 0. The Kier molecular flexibility index (Phi) is 57.7. The Balaban J connectivity index is -0.000000174.